The van der Waals surface area contributed by atoms with Gasteiger partial charge in [-0.25, -0.2) is 13.2 Å². The van der Waals surface area contributed by atoms with Crippen LogP contribution in [0.1, 0.15) is 12.0 Å². The molecular formula is C12H12BrF3N2O. The Morgan fingerprint density at radius 2 is 2.11 bits per heavy atom. The van der Waals surface area contributed by atoms with Crippen LogP contribution in [0, 0.1) is 23.4 Å². The number of hydrogen-bond acceptors (Lipinski definition) is 2. The summed E-state index contributed by atoms with van der Waals surface area (Å²) in [7, 11) is 0. The number of carbonyl (C=O) groups is 1. The van der Waals surface area contributed by atoms with Crippen LogP contribution < -0.4 is 5.73 Å². The monoisotopic (exact) mass is 336 g/mol. The van der Waals surface area contributed by atoms with Crippen molar-refractivity contribution in [1.29, 1.82) is 0 Å². The van der Waals surface area contributed by atoms with Crippen LogP contribution in [0.5, 0.6) is 0 Å². The van der Waals surface area contributed by atoms with Crippen LogP contribution in [0.15, 0.2) is 10.5 Å². The molecule has 0 spiro atoms. The fourth-order valence-electron chi connectivity index (χ4n) is 2.18. The highest BCUT2D eigenvalue weighted by atomic mass is 79.9. The molecule has 2 N–H and O–H groups in total. The van der Waals surface area contributed by atoms with E-state index in [1.54, 1.807) is 4.90 Å². The smallest absolute Gasteiger partial charge is 0.221 e. The van der Waals surface area contributed by atoms with Crippen molar-refractivity contribution in [3.63, 3.8) is 0 Å². The number of nitrogens with two attached hydrogens (primary N) is 1. The fourth-order valence-corrected chi connectivity index (χ4v) is 2.68. The van der Waals surface area contributed by atoms with Gasteiger partial charge in [-0.2, -0.15) is 0 Å². The highest BCUT2D eigenvalue weighted by Crippen LogP contribution is 2.27. The van der Waals surface area contributed by atoms with Crippen LogP contribution in [-0.2, 0) is 11.3 Å². The molecular weight excluding hydrogens is 325 g/mol. The number of nitrogens with zero attached hydrogens (tertiary/aromatic N) is 1. The van der Waals surface area contributed by atoms with Gasteiger partial charge in [0.1, 0.15) is 0 Å². The zero-order valence-electron chi connectivity index (χ0n) is 9.93. The second kappa shape index (κ2) is 5.50. The lowest BCUT2D eigenvalue weighted by molar-refractivity contribution is -0.121. The third-order valence-electron chi connectivity index (χ3n) is 3.27. The minimum Gasteiger partial charge on any atom is -0.369 e. The summed E-state index contributed by atoms with van der Waals surface area (Å²) in [6, 6.07) is 0.898. The van der Waals surface area contributed by atoms with Crippen LogP contribution in [0.25, 0.3) is 0 Å². The molecule has 1 heterocycles. The van der Waals surface area contributed by atoms with Gasteiger partial charge in [-0.05, 0) is 19.0 Å². The van der Waals surface area contributed by atoms with Gasteiger partial charge in [0.05, 0.1) is 5.92 Å². The van der Waals surface area contributed by atoms with Gasteiger partial charge < -0.3 is 5.73 Å². The molecule has 0 aromatic heterocycles. The van der Waals surface area contributed by atoms with Crippen LogP contribution >= 0.6 is 15.9 Å². The molecule has 1 aliphatic rings. The molecule has 0 radical (unpaired) electrons. The number of benzene rings is 1. The largest absolute Gasteiger partial charge is 0.369 e. The molecule has 0 bridgehead atoms. The van der Waals surface area contributed by atoms with E-state index in [4.69, 9.17) is 5.73 Å². The molecule has 0 unspecified atom stereocenters. The van der Waals surface area contributed by atoms with Gasteiger partial charge in [0, 0.05) is 23.1 Å². The molecule has 104 valence electrons. The van der Waals surface area contributed by atoms with Crippen molar-refractivity contribution in [2.45, 2.75) is 13.0 Å². The zero-order chi connectivity index (χ0) is 14.2. The first-order valence-electron chi connectivity index (χ1n) is 5.73. The van der Waals surface area contributed by atoms with Crippen molar-refractivity contribution < 1.29 is 18.0 Å². The number of hydrogen-bond donors (Lipinski definition) is 1. The SMILES string of the molecule is NC(=O)[C@H]1CCN(Cc2c(Br)cc(F)c(F)c2F)C1. The molecule has 1 saturated heterocycles. The Labute approximate surface area is 116 Å². The molecule has 1 amide bonds. The maximum Gasteiger partial charge on any atom is 0.221 e. The highest BCUT2D eigenvalue weighted by molar-refractivity contribution is 9.10. The van der Waals surface area contributed by atoms with Crippen LogP contribution in [-0.4, -0.2) is 23.9 Å². The second-order valence-electron chi connectivity index (χ2n) is 4.57. The molecule has 7 heteroatoms. The molecule has 1 atom stereocenters. The highest BCUT2D eigenvalue weighted by Gasteiger charge is 2.28. The fraction of sp³-hybridized carbons (Fsp3) is 0.417. The Morgan fingerprint density at radius 3 is 2.68 bits per heavy atom. The van der Waals surface area contributed by atoms with Crippen molar-refractivity contribution in [3.8, 4) is 0 Å². The lowest BCUT2D eigenvalue weighted by Crippen LogP contribution is -2.27. The van der Waals surface area contributed by atoms with Crippen LogP contribution in [0.2, 0.25) is 0 Å². The van der Waals surface area contributed by atoms with Gasteiger partial charge in [0.25, 0.3) is 0 Å². The van der Waals surface area contributed by atoms with Gasteiger partial charge in [0.15, 0.2) is 17.5 Å². The normalized spacial score (nSPS) is 19.9. The van der Waals surface area contributed by atoms with Gasteiger partial charge in [0.2, 0.25) is 5.91 Å². The minimum absolute atomic E-state index is 0.0454. The lowest BCUT2D eigenvalue weighted by atomic mass is 10.1. The van der Waals surface area contributed by atoms with Crippen molar-refractivity contribution in [1.82, 2.24) is 4.90 Å². The Bertz CT molecular complexity index is 524. The third kappa shape index (κ3) is 2.92. The first-order valence-corrected chi connectivity index (χ1v) is 6.53. The van der Waals surface area contributed by atoms with Gasteiger partial charge in [-0.3, -0.25) is 9.69 Å². The van der Waals surface area contributed by atoms with E-state index in [9.17, 15) is 18.0 Å². The number of primary amides is 1. The molecule has 1 aliphatic heterocycles. The van der Waals surface area contributed by atoms with Gasteiger partial charge in [-0.15, -0.1) is 0 Å². The second-order valence-corrected chi connectivity index (χ2v) is 5.42. The molecule has 1 fully saturated rings. The van der Waals surface area contributed by atoms with E-state index >= 15 is 0 Å². The van der Waals surface area contributed by atoms with E-state index in [-0.39, 0.29) is 22.5 Å². The van der Waals surface area contributed by atoms with Gasteiger partial charge >= 0.3 is 0 Å². The molecule has 1 aromatic carbocycles. The average Bonchev–Trinajstić information content (AvgIpc) is 2.81. The van der Waals surface area contributed by atoms with Crippen LogP contribution in [0.4, 0.5) is 13.2 Å². The van der Waals surface area contributed by atoms with Crippen molar-refractivity contribution in [2.75, 3.05) is 13.1 Å². The van der Waals surface area contributed by atoms with Crippen LogP contribution in [0.3, 0.4) is 0 Å². The summed E-state index contributed by atoms with van der Waals surface area (Å²) in [5, 5.41) is 0. The Kier molecular flexibility index (Phi) is 4.15. The van der Waals surface area contributed by atoms with Crippen molar-refractivity contribution in [2.24, 2.45) is 11.7 Å². The zero-order valence-corrected chi connectivity index (χ0v) is 11.5. The number of rotatable bonds is 3. The number of carbonyl (C=O) groups excluding carboxylic acids is 1. The molecule has 1 aromatic rings. The lowest BCUT2D eigenvalue weighted by Gasteiger charge is -2.17. The molecule has 0 saturated carbocycles. The first-order chi connectivity index (χ1) is 8.90. The maximum atomic E-state index is 13.7. The molecule has 3 nitrogen and oxygen atoms in total. The average molecular weight is 337 g/mol. The predicted octanol–water partition coefficient (Wildman–Crippen LogP) is 2.17. The topological polar surface area (TPSA) is 46.3 Å². The summed E-state index contributed by atoms with van der Waals surface area (Å²) in [4.78, 5) is 12.8. The number of likely N-dealkylation sites (tertiary alicyclic amines) is 1. The summed E-state index contributed by atoms with van der Waals surface area (Å²) in [6.45, 7) is 1.08. The van der Waals surface area contributed by atoms with E-state index in [1.165, 1.54) is 0 Å². The molecule has 2 rings (SSSR count). The summed E-state index contributed by atoms with van der Waals surface area (Å²) >= 11 is 3.02. The Morgan fingerprint density at radius 1 is 1.42 bits per heavy atom. The Balaban J connectivity index is 2.17. The van der Waals surface area contributed by atoms with Crippen molar-refractivity contribution >= 4 is 21.8 Å². The first kappa shape index (κ1) is 14.3. The standard InChI is InChI=1S/C12H12BrF3N2O/c13-8-3-9(14)11(16)10(15)7(8)5-18-2-1-6(4-18)12(17)19/h3,6H,1-2,4-5H2,(H2,17,19)/t6-/m0/s1. The summed E-state index contributed by atoms with van der Waals surface area (Å²) < 4.78 is 40.0. The number of amides is 1. The summed E-state index contributed by atoms with van der Waals surface area (Å²) in [6.07, 6.45) is 0.595. The predicted molar refractivity (Wildman–Crippen MR) is 66.6 cm³/mol. The van der Waals surface area contributed by atoms with E-state index < -0.39 is 23.4 Å². The Hall–Kier alpha value is -1.08. The molecule has 0 aliphatic carbocycles. The van der Waals surface area contributed by atoms with Gasteiger partial charge in [-0.1, -0.05) is 15.9 Å². The van der Waals surface area contributed by atoms with E-state index in [2.05, 4.69) is 15.9 Å². The third-order valence-corrected chi connectivity index (χ3v) is 3.97. The minimum atomic E-state index is -1.48. The summed E-state index contributed by atoms with van der Waals surface area (Å²) in [5.41, 5.74) is 5.24. The van der Waals surface area contributed by atoms with E-state index in [1.807, 2.05) is 0 Å². The molecule has 19 heavy (non-hydrogen) atoms. The van der Waals surface area contributed by atoms with Crippen molar-refractivity contribution in [3.05, 3.63) is 33.6 Å². The van der Waals surface area contributed by atoms with E-state index in [0.717, 1.165) is 6.07 Å². The number of halogens is 4. The van der Waals surface area contributed by atoms with E-state index in [0.29, 0.717) is 19.5 Å². The quantitative estimate of drug-likeness (QED) is 0.679. The maximum absolute atomic E-state index is 13.7. The summed E-state index contributed by atoms with van der Waals surface area (Å²) in [5.74, 6) is -4.58.